The minimum absolute atomic E-state index is 0.0251. The quantitative estimate of drug-likeness (QED) is 0.567. The summed E-state index contributed by atoms with van der Waals surface area (Å²) in [5.74, 6) is 0.243. The van der Waals surface area contributed by atoms with Gasteiger partial charge >= 0.3 is 0 Å². The number of nitrogens with one attached hydrogen (secondary N) is 2. The van der Waals surface area contributed by atoms with E-state index >= 15 is 0 Å². The largest absolute Gasteiger partial charge is 0.483 e. The number of benzene rings is 1. The van der Waals surface area contributed by atoms with E-state index in [0.717, 1.165) is 18.5 Å². The van der Waals surface area contributed by atoms with E-state index in [1.807, 2.05) is 6.07 Å². The number of ether oxygens (including phenoxy) is 1. The molecule has 0 spiro atoms. The van der Waals surface area contributed by atoms with Crippen LogP contribution in [0.4, 0.5) is 0 Å². The van der Waals surface area contributed by atoms with Gasteiger partial charge in [-0.1, -0.05) is 24.6 Å². The monoisotopic (exact) mass is 295 g/mol. The number of carbonyl (C=O) groups excluding carboxylic acids is 1. The van der Waals surface area contributed by atoms with Crippen LogP contribution in [0.3, 0.4) is 0 Å². The van der Waals surface area contributed by atoms with Gasteiger partial charge in [0.05, 0.1) is 6.07 Å². The second-order valence-electron chi connectivity index (χ2n) is 4.12. The number of nitrogens with zero attached hydrogens (tertiary/aromatic N) is 1. The fourth-order valence-corrected chi connectivity index (χ4v) is 1.80. The molecule has 1 rings (SSSR count). The van der Waals surface area contributed by atoms with Crippen LogP contribution in [0, 0.1) is 11.3 Å². The highest BCUT2D eigenvalue weighted by atomic mass is 35.5. The van der Waals surface area contributed by atoms with Gasteiger partial charge < -0.3 is 15.4 Å². The van der Waals surface area contributed by atoms with E-state index in [4.69, 9.17) is 21.6 Å². The van der Waals surface area contributed by atoms with Crippen molar-refractivity contribution >= 4 is 17.5 Å². The van der Waals surface area contributed by atoms with Crippen LogP contribution >= 0.6 is 11.6 Å². The van der Waals surface area contributed by atoms with E-state index in [-0.39, 0.29) is 19.1 Å². The van der Waals surface area contributed by atoms with Crippen LogP contribution in [0.25, 0.3) is 0 Å². The van der Waals surface area contributed by atoms with Crippen molar-refractivity contribution in [3.05, 3.63) is 28.8 Å². The Balaban J connectivity index is 2.62. The molecule has 1 aromatic carbocycles. The van der Waals surface area contributed by atoms with Crippen LogP contribution in [0.2, 0.25) is 5.02 Å². The first-order valence-corrected chi connectivity index (χ1v) is 6.81. The van der Waals surface area contributed by atoms with Crippen LogP contribution in [-0.4, -0.2) is 25.6 Å². The van der Waals surface area contributed by atoms with Crippen molar-refractivity contribution in [1.29, 1.82) is 5.26 Å². The Labute approximate surface area is 123 Å². The molecule has 0 atom stereocenters. The zero-order valence-electron chi connectivity index (χ0n) is 11.4. The molecule has 0 fully saturated rings. The highest BCUT2D eigenvalue weighted by Crippen LogP contribution is 2.26. The van der Waals surface area contributed by atoms with Crippen molar-refractivity contribution in [2.24, 2.45) is 0 Å². The Hall–Kier alpha value is -1.77. The Morgan fingerprint density at radius 1 is 1.50 bits per heavy atom. The average Bonchev–Trinajstić information content (AvgIpc) is 2.45. The van der Waals surface area contributed by atoms with Crippen molar-refractivity contribution in [2.45, 2.75) is 19.9 Å². The van der Waals surface area contributed by atoms with Gasteiger partial charge in [-0.2, -0.15) is 5.26 Å². The van der Waals surface area contributed by atoms with Crippen LogP contribution in [0.1, 0.15) is 18.9 Å². The summed E-state index contributed by atoms with van der Waals surface area (Å²) in [6.45, 7) is 3.39. The second kappa shape index (κ2) is 9.18. The molecule has 1 aromatic rings. The van der Waals surface area contributed by atoms with Crippen LogP contribution < -0.4 is 15.4 Å². The molecule has 5 nitrogen and oxygen atoms in total. The van der Waals surface area contributed by atoms with Crippen molar-refractivity contribution < 1.29 is 9.53 Å². The molecule has 0 aromatic heterocycles. The summed E-state index contributed by atoms with van der Waals surface area (Å²) in [6, 6.07) is 7.16. The Bertz CT molecular complexity index is 486. The molecule has 0 saturated carbocycles. The lowest BCUT2D eigenvalue weighted by molar-refractivity contribution is -0.122. The first-order valence-electron chi connectivity index (χ1n) is 6.43. The number of halogens is 1. The van der Waals surface area contributed by atoms with Crippen molar-refractivity contribution in [3.63, 3.8) is 0 Å². The maximum absolute atomic E-state index is 11.4. The van der Waals surface area contributed by atoms with Crippen LogP contribution in [-0.2, 0) is 11.3 Å². The third-order valence-corrected chi connectivity index (χ3v) is 2.88. The molecule has 0 aliphatic rings. The Kier molecular flexibility index (Phi) is 7.48. The molecular formula is C14H18ClN3O2. The van der Waals surface area contributed by atoms with Crippen LogP contribution in [0.15, 0.2) is 18.2 Å². The number of nitriles is 1. The average molecular weight is 296 g/mol. The molecule has 0 saturated heterocycles. The summed E-state index contributed by atoms with van der Waals surface area (Å²) in [4.78, 5) is 11.4. The summed E-state index contributed by atoms with van der Waals surface area (Å²) in [7, 11) is 0. The summed E-state index contributed by atoms with van der Waals surface area (Å²) < 4.78 is 5.46. The molecule has 0 heterocycles. The standard InChI is InChI=1S/C14H18ClN3O2/c1-2-7-17-9-11-12(15)4-3-5-13(11)20-10-14(19)18-8-6-16/h3-5,17H,2,7-10H2,1H3,(H,18,19). The Morgan fingerprint density at radius 2 is 2.30 bits per heavy atom. The molecule has 6 heteroatoms. The smallest absolute Gasteiger partial charge is 0.258 e. The lowest BCUT2D eigenvalue weighted by Gasteiger charge is -2.13. The second-order valence-corrected chi connectivity index (χ2v) is 4.52. The lowest BCUT2D eigenvalue weighted by atomic mass is 10.2. The predicted molar refractivity (Wildman–Crippen MR) is 77.6 cm³/mol. The first-order chi connectivity index (χ1) is 9.69. The van der Waals surface area contributed by atoms with E-state index in [9.17, 15) is 4.79 Å². The molecule has 2 N–H and O–H groups in total. The van der Waals surface area contributed by atoms with Crippen molar-refractivity contribution in [2.75, 3.05) is 19.7 Å². The van der Waals surface area contributed by atoms with E-state index in [0.29, 0.717) is 17.3 Å². The molecular weight excluding hydrogens is 278 g/mol. The van der Waals surface area contributed by atoms with E-state index in [1.54, 1.807) is 18.2 Å². The minimum atomic E-state index is -0.334. The molecule has 0 bridgehead atoms. The topological polar surface area (TPSA) is 74.2 Å². The molecule has 0 unspecified atom stereocenters. The summed E-state index contributed by atoms with van der Waals surface area (Å²) in [5.41, 5.74) is 0.829. The van der Waals surface area contributed by atoms with E-state index in [1.165, 1.54) is 0 Å². The van der Waals surface area contributed by atoms with E-state index in [2.05, 4.69) is 17.6 Å². The van der Waals surface area contributed by atoms with Crippen molar-refractivity contribution in [3.8, 4) is 11.8 Å². The van der Waals surface area contributed by atoms with Gasteiger partial charge in [-0.15, -0.1) is 0 Å². The minimum Gasteiger partial charge on any atom is -0.483 e. The summed E-state index contributed by atoms with van der Waals surface area (Å²) in [5, 5.41) is 14.6. The number of amides is 1. The SMILES string of the molecule is CCCNCc1c(Cl)cccc1OCC(=O)NCC#N. The normalized spacial score (nSPS) is 9.85. The third kappa shape index (κ3) is 5.47. The van der Waals surface area contributed by atoms with Gasteiger partial charge in [0.25, 0.3) is 5.91 Å². The molecule has 108 valence electrons. The zero-order chi connectivity index (χ0) is 14.8. The van der Waals surface area contributed by atoms with Gasteiger partial charge in [0.1, 0.15) is 12.3 Å². The molecule has 0 aliphatic heterocycles. The number of rotatable bonds is 8. The van der Waals surface area contributed by atoms with Gasteiger partial charge in [-0.25, -0.2) is 0 Å². The van der Waals surface area contributed by atoms with Gasteiger partial charge in [-0.3, -0.25) is 4.79 Å². The maximum Gasteiger partial charge on any atom is 0.258 e. The van der Waals surface area contributed by atoms with Gasteiger partial charge in [0, 0.05) is 17.1 Å². The van der Waals surface area contributed by atoms with Gasteiger partial charge in [0.15, 0.2) is 6.61 Å². The first kappa shape index (κ1) is 16.3. The van der Waals surface area contributed by atoms with E-state index < -0.39 is 0 Å². The molecule has 0 aliphatic carbocycles. The third-order valence-electron chi connectivity index (χ3n) is 2.53. The fraction of sp³-hybridized carbons (Fsp3) is 0.429. The van der Waals surface area contributed by atoms with Gasteiger partial charge in [-0.05, 0) is 25.1 Å². The molecule has 0 radical (unpaired) electrons. The summed E-state index contributed by atoms with van der Waals surface area (Å²) in [6.07, 6.45) is 1.03. The van der Waals surface area contributed by atoms with Gasteiger partial charge in [0.2, 0.25) is 0 Å². The zero-order valence-corrected chi connectivity index (χ0v) is 12.2. The van der Waals surface area contributed by atoms with Crippen LogP contribution in [0.5, 0.6) is 5.75 Å². The fourth-order valence-electron chi connectivity index (χ4n) is 1.57. The summed E-state index contributed by atoms with van der Waals surface area (Å²) >= 11 is 6.14. The van der Waals surface area contributed by atoms with Crippen molar-refractivity contribution in [1.82, 2.24) is 10.6 Å². The molecule has 20 heavy (non-hydrogen) atoms. The predicted octanol–water partition coefficient (Wildman–Crippen LogP) is 1.86. The highest BCUT2D eigenvalue weighted by Gasteiger charge is 2.09. The molecule has 1 amide bonds. The number of hydrogen-bond acceptors (Lipinski definition) is 4. The highest BCUT2D eigenvalue weighted by molar-refractivity contribution is 6.31. The number of carbonyl (C=O) groups is 1. The number of hydrogen-bond donors (Lipinski definition) is 2. The maximum atomic E-state index is 11.4. The lowest BCUT2D eigenvalue weighted by Crippen LogP contribution is -2.29. The Morgan fingerprint density at radius 3 is 3.00 bits per heavy atom.